The van der Waals surface area contributed by atoms with Crippen molar-refractivity contribution in [2.45, 2.75) is 36.4 Å². The lowest BCUT2D eigenvalue weighted by molar-refractivity contribution is -0.118. The second-order valence-corrected chi connectivity index (χ2v) is 7.31. The molecule has 7 heteroatoms. The van der Waals surface area contributed by atoms with E-state index >= 15 is 0 Å². The van der Waals surface area contributed by atoms with E-state index in [0.29, 0.717) is 18.9 Å². The van der Waals surface area contributed by atoms with Gasteiger partial charge < -0.3 is 14.6 Å². The molecule has 1 amide bonds. The first-order chi connectivity index (χ1) is 12.2. The van der Waals surface area contributed by atoms with E-state index in [1.54, 1.807) is 13.4 Å². The maximum Gasteiger partial charge on any atom is 0.230 e. The number of aromatic nitrogens is 3. The predicted molar refractivity (Wildman–Crippen MR) is 97.6 cm³/mol. The van der Waals surface area contributed by atoms with Gasteiger partial charge in [-0.3, -0.25) is 4.79 Å². The minimum absolute atomic E-state index is 0.0404. The summed E-state index contributed by atoms with van der Waals surface area (Å²) in [5.41, 5.74) is 1.46. The fraction of sp³-hybridized carbons (Fsp3) is 0.500. The minimum atomic E-state index is 0.0404. The van der Waals surface area contributed by atoms with E-state index < -0.39 is 0 Å². The molecule has 0 bridgehead atoms. The van der Waals surface area contributed by atoms with Crippen LogP contribution in [0.2, 0.25) is 0 Å². The van der Waals surface area contributed by atoms with E-state index in [1.807, 2.05) is 10.6 Å². The molecular formula is C18H24N4O2S. The standard InChI is InChI=1S/C18H24N4O2S/c1-24-11-5-10-22-14-20-21-17(22)25-12-16(23)19-13-18(8-9-18)15-6-3-2-4-7-15/h2-4,6-7,14H,5,8-13H2,1H3,(H,19,23). The van der Waals surface area contributed by atoms with Gasteiger partial charge in [-0.05, 0) is 24.8 Å². The molecular weight excluding hydrogens is 336 g/mol. The van der Waals surface area contributed by atoms with Gasteiger partial charge in [0.25, 0.3) is 0 Å². The Morgan fingerprint density at radius 1 is 1.36 bits per heavy atom. The number of methoxy groups -OCH3 is 1. The molecule has 1 aliphatic rings. The molecule has 0 spiro atoms. The van der Waals surface area contributed by atoms with Crippen LogP contribution in [-0.2, 0) is 21.5 Å². The first-order valence-electron chi connectivity index (χ1n) is 8.55. The quantitative estimate of drug-likeness (QED) is 0.520. The maximum atomic E-state index is 12.2. The molecule has 1 saturated carbocycles. The largest absolute Gasteiger partial charge is 0.385 e. The number of benzene rings is 1. The van der Waals surface area contributed by atoms with Crippen molar-refractivity contribution in [2.24, 2.45) is 0 Å². The van der Waals surface area contributed by atoms with Crippen molar-refractivity contribution in [3.05, 3.63) is 42.2 Å². The Hall–Kier alpha value is -1.86. The van der Waals surface area contributed by atoms with Crippen LogP contribution in [0.4, 0.5) is 0 Å². The molecule has 0 atom stereocenters. The van der Waals surface area contributed by atoms with Gasteiger partial charge >= 0.3 is 0 Å². The number of carbonyl (C=O) groups is 1. The van der Waals surface area contributed by atoms with Crippen LogP contribution in [0.5, 0.6) is 0 Å². The molecule has 134 valence electrons. The zero-order valence-corrected chi connectivity index (χ0v) is 15.3. The highest BCUT2D eigenvalue weighted by atomic mass is 32.2. The van der Waals surface area contributed by atoms with E-state index in [-0.39, 0.29) is 11.3 Å². The van der Waals surface area contributed by atoms with Crippen molar-refractivity contribution < 1.29 is 9.53 Å². The highest BCUT2D eigenvalue weighted by Crippen LogP contribution is 2.47. The molecule has 25 heavy (non-hydrogen) atoms. The van der Waals surface area contributed by atoms with Gasteiger partial charge in [-0.2, -0.15) is 0 Å². The summed E-state index contributed by atoms with van der Waals surface area (Å²) >= 11 is 1.42. The lowest BCUT2D eigenvalue weighted by Crippen LogP contribution is -2.33. The molecule has 6 nitrogen and oxygen atoms in total. The van der Waals surface area contributed by atoms with Crippen molar-refractivity contribution >= 4 is 17.7 Å². The number of thioether (sulfide) groups is 1. The molecule has 1 aromatic carbocycles. The van der Waals surface area contributed by atoms with Crippen LogP contribution in [-0.4, -0.2) is 46.7 Å². The Bertz CT molecular complexity index is 685. The van der Waals surface area contributed by atoms with Crippen LogP contribution in [0.1, 0.15) is 24.8 Å². The Labute approximate surface area is 152 Å². The highest BCUT2D eigenvalue weighted by Gasteiger charge is 2.44. The number of carbonyl (C=O) groups excluding carboxylic acids is 1. The lowest BCUT2D eigenvalue weighted by Gasteiger charge is -2.16. The monoisotopic (exact) mass is 360 g/mol. The average molecular weight is 360 g/mol. The third-order valence-corrected chi connectivity index (χ3v) is 5.50. The van der Waals surface area contributed by atoms with E-state index in [9.17, 15) is 4.79 Å². The lowest BCUT2D eigenvalue weighted by atomic mass is 9.96. The summed E-state index contributed by atoms with van der Waals surface area (Å²) < 4.78 is 7.02. The molecule has 0 saturated heterocycles. The van der Waals surface area contributed by atoms with Crippen molar-refractivity contribution in [2.75, 3.05) is 26.0 Å². The van der Waals surface area contributed by atoms with E-state index in [1.165, 1.54) is 17.3 Å². The molecule has 0 unspecified atom stereocenters. The first kappa shape index (κ1) is 17.9. The molecule has 2 aromatic rings. The first-order valence-corrected chi connectivity index (χ1v) is 9.54. The third kappa shape index (κ3) is 4.83. The fourth-order valence-corrected chi connectivity index (χ4v) is 3.62. The number of hydrogen-bond acceptors (Lipinski definition) is 5. The van der Waals surface area contributed by atoms with Crippen LogP contribution in [0, 0.1) is 0 Å². The highest BCUT2D eigenvalue weighted by molar-refractivity contribution is 7.99. The second kappa shape index (κ2) is 8.49. The summed E-state index contributed by atoms with van der Waals surface area (Å²) in [6.07, 6.45) is 4.87. The fourth-order valence-electron chi connectivity index (χ4n) is 2.85. The second-order valence-electron chi connectivity index (χ2n) is 6.37. The molecule has 1 aliphatic carbocycles. The molecule has 0 radical (unpaired) electrons. The smallest absolute Gasteiger partial charge is 0.230 e. The van der Waals surface area contributed by atoms with Crippen LogP contribution >= 0.6 is 11.8 Å². The molecule has 3 rings (SSSR count). The number of amides is 1. The molecule has 1 aromatic heterocycles. The van der Waals surface area contributed by atoms with Crippen LogP contribution in [0.25, 0.3) is 0 Å². The summed E-state index contributed by atoms with van der Waals surface area (Å²) in [7, 11) is 1.69. The van der Waals surface area contributed by atoms with Gasteiger partial charge in [-0.1, -0.05) is 42.1 Å². The van der Waals surface area contributed by atoms with E-state index in [0.717, 1.165) is 31.0 Å². The number of hydrogen-bond donors (Lipinski definition) is 1. The van der Waals surface area contributed by atoms with Gasteiger partial charge in [-0.15, -0.1) is 10.2 Å². The van der Waals surface area contributed by atoms with Crippen molar-refractivity contribution in [1.29, 1.82) is 0 Å². The number of nitrogens with one attached hydrogen (secondary N) is 1. The van der Waals surface area contributed by atoms with Gasteiger partial charge in [0.15, 0.2) is 5.16 Å². The summed E-state index contributed by atoms with van der Waals surface area (Å²) in [6, 6.07) is 10.4. The summed E-state index contributed by atoms with van der Waals surface area (Å²) in [5, 5.41) is 11.9. The number of aryl methyl sites for hydroxylation is 1. The summed E-state index contributed by atoms with van der Waals surface area (Å²) in [4.78, 5) is 12.2. The third-order valence-electron chi connectivity index (χ3n) is 4.52. The Morgan fingerprint density at radius 2 is 2.16 bits per heavy atom. The maximum absolute atomic E-state index is 12.2. The van der Waals surface area contributed by atoms with Gasteiger partial charge in [0.2, 0.25) is 5.91 Å². The molecule has 1 N–H and O–H groups in total. The Kier molecular flexibility index (Phi) is 6.09. The van der Waals surface area contributed by atoms with E-state index in [2.05, 4.69) is 39.8 Å². The topological polar surface area (TPSA) is 69.0 Å². The Balaban J connectivity index is 1.44. The van der Waals surface area contributed by atoms with Crippen molar-refractivity contribution in [3.8, 4) is 0 Å². The number of nitrogens with zero attached hydrogens (tertiary/aromatic N) is 3. The van der Waals surface area contributed by atoms with Gasteiger partial charge in [0, 0.05) is 32.2 Å². The Morgan fingerprint density at radius 3 is 2.88 bits per heavy atom. The minimum Gasteiger partial charge on any atom is -0.385 e. The number of ether oxygens (including phenoxy) is 1. The average Bonchev–Trinajstić information content (AvgIpc) is 3.31. The van der Waals surface area contributed by atoms with Gasteiger partial charge in [0.05, 0.1) is 5.75 Å². The normalized spacial score (nSPS) is 15.1. The molecule has 1 fully saturated rings. The van der Waals surface area contributed by atoms with Crippen molar-refractivity contribution in [3.63, 3.8) is 0 Å². The van der Waals surface area contributed by atoms with Crippen LogP contribution in [0.15, 0.2) is 41.8 Å². The van der Waals surface area contributed by atoms with Crippen LogP contribution in [0.3, 0.4) is 0 Å². The predicted octanol–water partition coefficient (Wildman–Crippen LogP) is 2.25. The number of rotatable bonds is 10. The summed E-state index contributed by atoms with van der Waals surface area (Å²) in [6.45, 7) is 2.20. The zero-order chi connectivity index (χ0) is 17.5. The van der Waals surface area contributed by atoms with Gasteiger partial charge in [0.1, 0.15) is 6.33 Å². The van der Waals surface area contributed by atoms with Crippen molar-refractivity contribution in [1.82, 2.24) is 20.1 Å². The summed E-state index contributed by atoms with van der Waals surface area (Å²) in [5.74, 6) is 0.395. The van der Waals surface area contributed by atoms with E-state index in [4.69, 9.17) is 4.74 Å². The zero-order valence-electron chi connectivity index (χ0n) is 14.5. The van der Waals surface area contributed by atoms with Crippen LogP contribution < -0.4 is 5.32 Å². The SMILES string of the molecule is COCCCn1cnnc1SCC(=O)NCC1(c2ccccc2)CC1. The molecule has 0 aliphatic heterocycles. The van der Waals surface area contributed by atoms with Gasteiger partial charge in [-0.25, -0.2) is 0 Å². The molecule has 1 heterocycles.